The van der Waals surface area contributed by atoms with Crippen molar-refractivity contribution in [1.29, 1.82) is 0 Å². The van der Waals surface area contributed by atoms with Gasteiger partial charge in [0.05, 0.1) is 12.1 Å². The molecule has 0 fully saturated rings. The van der Waals surface area contributed by atoms with Crippen LogP contribution in [0.1, 0.15) is 23.7 Å². The van der Waals surface area contributed by atoms with Crippen LogP contribution in [0.2, 0.25) is 0 Å². The van der Waals surface area contributed by atoms with Crippen molar-refractivity contribution < 1.29 is 14.6 Å². The van der Waals surface area contributed by atoms with Crippen LogP contribution in [-0.2, 0) is 7.05 Å². The SMILES string of the molecule is CCCOc1ccc(NC(=O)c2c(O)c3ccccc3n(C)c2=O)cc1. The quantitative estimate of drug-likeness (QED) is 0.738. The fourth-order valence-corrected chi connectivity index (χ4v) is 2.73. The number of hydrogen-bond donors (Lipinski definition) is 2. The van der Waals surface area contributed by atoms with E-state index in [-0.39, 0.29) is 11.3 Å². The molecule has 0 radical (unpaired) electrons. The van der Waals surface area contributed by atoms with Gasteiger partial charge in [0.25, 0.3) is 11.5 Å². The number of aromatic hydroxyl groups is 1. The number of hydrogen-bond acceptors (Lipinski definition) is 4. The van der Waals surface area contributed by atoms with Gasteiger partial charge in [0, 0.05) is 18.1 Å². The molecule has 3 aromatic rings. The summed E-state index contributed by atoms with van der Waals surface area (Å²) >= 11 is 0. The maximum Gasteiger partial charge on any atom is 0.267 e. The van der Waals surface area contributed by atoms with E-state index in [0.717, 1.165) is 6.42 Å². The number of nitrogens with one attached hydrogen (secondary N) is 1. The zero-order valence-electron chi connectivity index (χ0n) is 14.7. The van der Waals surface area contributed by atoms with Crippen molar-refractivity contribution in [3.05, 3.63) is 64.4 Å². The second-order valence-electron chi connectivity index (χ2n) is 5.93. The number of carbonyl (C=O) groups excluding carboxylic acids is 1. The van der Waals surface area contributed by atoms with Crippen molar-refractivity contribution in [2.24, 2.45) is 7.05 Å². The number of aromatic nitrogens is 1. The summed E-state index contributed by atoms with van der Waals surface area (Å²) in [6.07, 6.45) is 0.906. The fraction of sp³-hybridized carbons (Fsp3) is 0.200. The molecule has 1 aromatic heterocycles. The van der Waals surface area contributed by atoms with Crippen LogP contribution in [0.3, 0.4) is 0 Å². The van der Waals surface area contributed by atoms with Crippen LogP contribution in [0, 0.1) is 0 Å². The highest BCUT2D eigenvalue weighted by atomic mass is 16.5. The van der Waals surface area contributed by atoms with Gasteiger partial charge in [0.2, 0.25) is 0 Å². The molecule has 6 nitrogen and oxygen atoms in total. The Bertz CT molecular complexity index is 1010. The number of carbonyl (C=O) groups is 1. The normalized spacial score (nSPS) is 10.7. The number of fused-ring (bicyclic) bond motifs is 1. The molecule has 0 saturated heterocycles. The summed E-state index contributed by atoms with van der Waals surface area (Å²) in [7, 11) is 1.57. The first-order valence-corrected chi connectivity index (χ1v) is 8.37. The van der Waals surface area contributed by atoms with Crippen LogP contribution < -0.4 is 15.6 Å². The molecule has 2 N–H and O–H groups in total. The predicted molar refractivity (Wildman–Crippen MR) is 101 cm³/mol. The molecule has 6 heteroatoms. The number of pyridine rings is 1. The summed E-state index contributed by atoms with van der Waals surface area (Å²) in [6.45, 7) is 2.64. The van der Waals surface area contributed by atoms with E-state index in [1.165, 1.54) is 4.57 Å². The molecule has 2 aromatic carbocycles. The van der Waals surface area contributed by atoms with Crippen LogP contribution in [0.5, 0.6) is 11.5 Å². The van der Waals surface area contributed by atoms with Crippen molar-refractivity contribution in [2.45, 2.75) is 13.3 Å². The van der Waals surface area contributed by atoms with Crippen LogP contribution in [0.25, 0.3) is 10.9 Å². The van der Waals surface area contributed by atoms with Gasteiger partial charge in [0.15, 0.2) is 0 Å². The van der Waals surface area contributed by atoms with Gasteiger partial charge in [-0.2, -0.15) is 0 Å². The van der Waals surface area contributed by atoms with Crippen LogP contribution in [0.15, 0.2) is 53.3 Å². The first-order valence-electron chi connectivity index (χ1n) is 8.37. The standard InChI is InChI=1S/C20H20N2O4/c1-3-12-26-14-10-8-13(9-11-14)21-19(24)17-18(23)15-6-4-5-7-16(15)22(2)20(17)25/h4-11,23H,3,12H2,1-2H3,(H,21,24). The topological polar surface area (TPSA) is 80.6 Å². The Kier molecular flexibility index (Phi) is 4.93. The molecule has 0 atom stereocenters. The molecule has 0 aliphatic rings. The molecule has 0 unspecified atom stereocenters. The van der Waals surface area contributed by atoms with E-state index < -0.39 is 11.5 Å². The van der Waals surface area contributed by atoms with Gasteiger partial charge in [-0.05, 0) is 42.8 Å². The van der Waals surface area contributed by atoms with Gasteiger partial charge in [-0.1, -0.05) is 19.1 Å². The van der Waals surface area contributed by atoms with Crippen LogP contribution in [-0.4, -0.2) is 22.2 Å². The number of benzene rings is 2. The predicted octanol–water partition coefficient (Wildman–Crippen LogP) is 3.29. The summed E-state index contributed by atoms with van der Waals surface area (Å²) in [5, 5.41) is 13.5. The maximum atomic E-state index is 12.6. The highest BCUT2D eigenvalue weighted by Crippen LogP contribution is 2.26. The van der Waals surface area contributed by atoms with Gasteiger partial charge in [-0.3, -0.25) is 9.59 Å². The molecule has 0 aliphatic heterocycles. The summed E-state index contributed by atoms with van der Waals surface area (Å²) < 4.78 is 6.85. The van der Waals surface area contributed by atoms with E-state index in [2.05, 4.69) is 5.32 Å². The minimum Gasteiger partial charge on any atom is -0.506 e. The Morgan fingerprint density at radius 2 is 1.85 bits per heavy atom. The number of anilines is 1. The number of rotatable bonds is 5. The Hall–Kier alpha value is -3.28. The second-order valence-corrected chi connectivity index (χ2v) is 5.93. The van der Waals surface area contributed by atoms with Crippen molar-refractivity contribution in [1.82, 2.24) is 4.57 Å². The van der Waals surface area contributed by atoms with Gasteiger partial charge in [-0.15, -0.1) is 0 Å². The largest absolute Gasteiger partial charge is 0.506 e. The molecule has 1 heterocycles. The molecule has 26 heavy (non-hydrogen) atoms. The van der Waals surface area contributed by atoms with Gasteiger partial charge in [-0.25, -0.2) is 0 Å². The second kappa shape index (κ2) is 7.31. The average molecular weight is 352 g/mol. The van der Waals surface area contributed by atoms with E-state index in [0.29, 0.717) is 28.9 Å². The summed E-state index contributed by atoms with van der Waals surface area (Å²) in [4.78, 5) is 25.1. The molecule has 0 bridgehead atoms. The minimum atomic E-state index is -0.656. The highest BCUT2D eigenvalue weighted by Gasteiger charge is 2.21. The van der Waals surface area contributed by atoms with E-state index in [4.69, 9.17) is 4.74 Å². The smallest absolute Gasteiger partial charge is 0.267 e. The first kappa shape index (κ1) is 17.5. The zero-order chi connectivity index (χ0) is 18.7. The molecule has 0 spiro atoms. The molecule has 1 amide bonds. The Morgan fingerprint density at radius 1 is 1.15 bits per heavy atom. The molecule has 3 rings (SSSR count). The summed E-state index contributed by atoms with van der Waals surface area (Å²) in [5.74, 6) is -0.269. The third-order valence-corrected chi connectivity index (χ3v) is 4.09. The summed E-state index contributed by atoms with van der Waals surface area (Å²) in [6, 6.07) is 13.7. The van der Waals surface area contributed by atoms with Gasteiger partial charge in [0.1, 0.15) is 17.1 Å². The minimum absolute atomic E-state index is 0.280. The highest BCUT2D eigenvalue weighted by molar-refractivity contribution is 6.09. The number of ether oxygens (including phenoxy) is 1. The molecule has 134 valence electrons. The van der Waals surface area contributed by atoms with Crippen molar-refractivity contribution >= 4 is 22.5 Å². The zero-order valence-corrected chi connectivity index (χ0v) is 14.7. The van der Waals surface area contributed by atoms with Crippen molar-refractivity contribution in [3.8, 4) is 11.5 Å². The lowest BCUT2D eigenvalue weighted by atomic mass is 10.1. The lowest BCUT2D eigenvalue weighted by Crippen LogP contribution is -2.28. The van der Waals surface area contributed by atoms with Gasteiger partial charge < -0.3 is 19.7 Å². The summed E-state index contributed by atoms with van der Waals surface area (Å²) in [5.41, 5.74) is 0.233. The van der Waals surface area contributed by atoms with Crippen LogP contribution in [0.4, 0.5) is 5.69 Å². The van der Waals surface area contributed by atoms with E-state index in [1.54, 1.807) is 55.6 Å². The number of nitrogens with zero attached hydrogens (tertiary/aromatic N) is 1. The lowest BCUT2D eigenvalue weighted by Gasteiger charge is -2.12. The average Bonchev–Trinajstić information content (AvgIpc) is 2.66. The Morgan fingerprint density at radius 3 is 2.54 bits per heavy atom. The Labute approximate surface area is 150 Å². The van der Waals surface area contributed by atoms with Crippen LogP contribution >= 0.6 is 0 Å². The number of amides is 1. The fourth-order valence-electron chi connectivity index (χ4n) is 2.73. The molecular weight excluding hydrogens is 332 g/mol. The molecule has 0 aliphatic carbocycles. The third kappa shape index (κ3) is 3.26. The monoisotopic (exact) mass is 352 g/mol. The first-order chi connectivity index (χ1) is 12.5. The number of aryl methyl sites for hydroxylation is 1. The van der Waals surface area contributed by atoms with Gasteiger partial charge >= 0.3 is 0 Å². The third-order valence-electron chi connectivity index (χ3n) is 4.09. The number of para-hydroxylation sites is 1. The van der Waals surface area contributed by atoms with Crippen molar-refractivity contribution in [3.63, 3.8) is 0 Å². The maximum absolute atomic E-state index is 12.6. The van der Waals surface area contributed by atoms with E-state index in [1.807, 2.05) is 6.92 Å². The van der Waals surface area contributed by atoms with Crippen molar-refractivity contribution in [2.75, 3.05) is 11.9 Å². The van der Waals surface area contributed by atoms with E-state index in [9.17, 15) is 14.7 Å². The Balaban J connectivity index is 1.92. The molecular formula is C20H20N2O4. The van der Waals surface area contributed by atoms with E-state index >= 15 is 0 Å². The molecule has 0 saturated carbocycles. The lowest BCUT2D eigenvalue weighted by molar-refractivity contribution is 0.102.